The summed E-state index contributed by atoms with van der Waals surface area (Å²) >= 11 is 0. The van der Waals surface area contributed by atoms with Gasteiger partial charge in [-0.1, -0.05) is 32.3 Å². The average Bonchev–Trinajstić information content (AvgIpc) is 3.13. The molecule has 2 aliphatic rings. The number of unbranched alkanes of at least 4 members (excludes halogenated alkanes) is 1. The summed E-state index contributed by atoms with van der Waals surface area (Å²) in [6, 6.07) is 6.25. The number of nitrogens with one attached hydrogen (secondary N) is 2. The minimum atomic E-state index is -3.81. The topological polar surface area (TPSA) is 95.6 Å². The highest BCUT2D eigenvalue weighted by atomic mass is 32.2. The van der Waals surface area contributed by atoms with E-state index < -0.39 is 10.0 Å². The molecule has 7 nitrogen and oxygen atoms in total. The Hall–Kier alpha value is -1.93. The molecule has 1 aliphatic carbocycles. The first-order valence-corrected chi connectivity index (χ1v) is 11.5. The van der Waals surface area contributed by atoms with Gasteiger partial charge < -0.3 is 10.6 Å². The van der Waals surface area contributed by atoms with Crippen LogP contribution in [0.2, 0.25) is 0 Å². The van der Waals surface area contributed by atoms with Crippen LogP contribution < -0.4 is 10.6 Å². The van der Waals surface area contributed by atoms with Crippen LogP contribution in [0.4, 0.5) is 0 Å². The summed E-state index contributed by atoms with van der Waals surface area (Å²) < 4.78 is 26.8. The first kappa shape index (κ1) is 20.8. The molecule has 2 amide bonds. The minimum absolute atomic E-state index is 0.0452. The molecule has 0 bridgehead atoms. The van der Waals surface area contributed by atoms with Crippen molar-refractivity contribution in [2.24, 2.45) is 5.92 Å². The number of rotatable bonds is 7. The fourth-order valence-electron chi connectivity index (χ4n) is 4.06. The third-order valence-electron chi connectivity index (χ3n) is 5.64. The van der Waals surface area contributed by atoms with Gasteiger partial charge in [-0.3, -0.25) is 9.59 Å². The average molecular weight is 408 g/mol. The Bertz CT molecular complexity index is 824. The van der Waals surface area contributed by atoms with E-state index in [0.717, 1.165) is 42.8 Å². The molecule has 2 fully saturated rings. The monoisotopic (exact) mass is 407 g/mol. The van der Waals surface area contributed by atoms with Gasteiger partial charge in [-0.05, 0) is 43.4 Å². The smallest absolute Gasteiger partial charge is 0.251 e. The van der Waals surface area contributed by atoms with Gasteiger partial charge in [0.1, 0.15) is 0 Å². The Kier molecular flexibility index (Phi) is 6.72. The second-order valence-corrected chi connectivity index (χ2v) is 9.57. The van der Waals surface area contributed by atoms with Crippen molar-refractivity contribution in [3.63, 3.8) is 0 Å². The van der Waals surface area contributed by atoms with Crippen LogP contribution >= 0.6 is 0 Å². The normalized spacial score (nSPS) is 23.4. The molecule has 1 aromatic rings. The fraction of sp³-hybridized carbons (Fsp3) is 0.600. The van der Waals surface area contributed by atoms with Gasteiger partial charge in [0.05, 0.1) is 11.4 Å². The van der Waals surface area contributed by atoms with Crippen molar-refractivity contribution in [1.29, 1.82) is 0 Å². The van der Waals surface area contributed by atoms with Crippen molar-refractivity contribution in [3.8, 4) is 0 Å². The van der Waals surface area contributed by atoms with Crippen molar-refractivity contribution in [2.45, 2.75) is 56.4 Å². The summed E-state index contributed by atoms with van der Waals surface area (Å²) in [5, 5.41) is 5.72. The highest BCUT2D eigenvalue weighted by Crippen LogP contribution is 2.30. The zero-order valence-electron chi connectivity index (χ0n) is 16.3. The largest absolute Gasteiger partial charge is 0.354 e. The molecule has 1 saturated carbocycles. The summed E-state index contributed by atoms with van der Waals surface area (Å²) in [7, 11) is -3.81. The standard InChI is InChI=1S/C20H29N3O4S/c1-2-3-6-15-7-5-10-18(15)22-20(25)16-8-4-9-17(13-16)28(26,27)23-12-11-21-19(24)14-23/h4,8-9,13,15,18H,2-3,5-7,10-12,14H2,1H3,(H,21,24)(H,22,25). The highest BCUT2D eigenvalue weighted by Gasteiger charge is 2.31. The number of benzene rings is 1. The Morgan fingerprint density at radius 2 is 2.14 bits per heavy atom. The van der Waals surface area contributed by atoms with Crippen molar-refractivity contribution >= 4 is 21.8 Å². The lowest BCUT2D eigenvalue weighted by Gasteiger charge is -2.26. The van der Waals surface area contributed by atoms with Gasteiger partial charge in [0.2, 0.25) is 15.9 Å². The quantitative estimate of drug-likeness (QED) is 0.722. The predicted octanol–water partition coefficient (Wildman–Crippen LogP) is 1.90. The van der Waals surface area contributed by atoms with Gasteiger partial charge >= 0.3 is 0 Å². The van der Waals surface area contributed by atoms with Crippen molar-refractivity contribution < 1.29 is 18.0 Å². The number of amides is 2. The molecule has 2 N–H and O–H groups in total. The van der Waals surface area contributed by atoms with Gasteiger partial charge in [-0.25, -0.2) is 8.42 Å². The Labute approximate surface area is 166 Å². The zero-order valence-corrected chi connectivity index (χ0v) is 17.1. The molecule has 8 heteroatoms. The van der Waals surface area contributed by atoms with Crippen LogP contribution in [0.25, 0.3) is 0 Å². The molecular weight excluding hydrogens is 378 g/mol. The Balaban J connectivity index is 1.72. The first-order valence-electron chi connectivity index (χ1n) is 10.1. The second kappa shape index (κ2) is 9.05. The van der Waals surface area contributed by atoms with Crippen LogP contribution in [0.1, 0.15) is 55.8 Å². The van der Waals surface area contributed by atoms with Gasteiger partial charge in [-0.15, -0.1) is 0 Å². The summed E-state index contributed by atoms with van der Waals surface area (Å²) in [5.74, 6) is -0.0485. The maximum absolute atomic E-state index is 12.8. The highest BCUT2D eigenvalue weighted by molar-refractivity contribution is 7.89. The number of carbonyl (C=O) groups excluding carboxylic acids is 2. The molecule has 0 radical (unpaired) electrons. The van der Waals surface area contributed by atoms with Crippen LogP contribution in [0.5, 0.6) is 0 Å². The molecule has 2 unspecified atom stereocenters. The van der Waals surface area contributed by atoms with Gasteiger partial charge in [0, 0.05) is 24.7 Å². The number of nitrogens with zero attached hydrogens (tertiary/aromatic N) is 1. The number of sulfonamides is 1. The van der Waals surface area contributed by atoms with E-state index in [0.29, 0.717) is 18.0 Å². The number of piperazine rings is 1. The number of carbonyl (C=O) groups is 2. The number of hydrogen-bond acceptors (Lipinski definition) is 4. The van der Waals surface area contributed by atoms with E-state index in [2.05, 4.69) is 17.6 Å². The third kappa shape index (κ3) is 4.72. The Morgan fingerprint density at radius 1 is 1.32 bits per heavy atom. The maximum Gasteiger partial charge on any atom is 0.251 e. The second-order valence-electron chi connectivity index (χ2n) is 7.63. The molecule has 1 saturated heterocycles. The number of hydrogen-bond donors (Lipinski definition) is 2. The molecule has 0 spiro atoms. The molecule has 0 aromatic heterocycles. The van der Waals surface area contributed by atoms with Gasteiger partial charge in [0.15, 0.2) is 0 Å². The fourth-order valence-corrected chi connectivity index (χ4v) is 5.50. The van der Waals surface area contributed by atoms with Crippen molar-refractivity contribution in [1.82, 2.24) is 14.9 Å². The van der Waals surface area contributed by atoms with Crippen molar-refractivity contribution in [3.05, 3.63) is 29.8 Å². The molecule has 2 atom stereocenters. The zero-order chi connectivity index (χ0) is 20.1. The van der Waals surface area contributed by atoms with E-state index in [-0.39, 0.29) is 35.8 Å². The van der Waals surface area contributed by atoms with E-state index in [1.807, 2.05) is 0 Å². The van der Waals surface area contributed by atoms with E-state index in [9.17, 15) is 18.0 Å². The lowest BCUT2D eigenvalue weighted by molar-refractivity contribution is -0.122. The third-order valence-corrected chi connectivity index (χ3v) is 7.48. The van der Waals surface area contributed by atoms with E-state index in [4.69, 9.17) is 0 Å². The van der Waals surface area contributed by atoms with Crippen molar-refractivity contribution in [2.75, 3.05) is 19.6 Å². The minimum Gasteiger partial charge on any atom is -0.354 e. The molecular formula is C20H29N3O4S. The maximum atomic E-state index is 12.8. The lowest BCUT2D eigenvalue weighted by atomic mass is 9.96. The van der Waals surface area contributed by atoms with E-state index in [1.54, 1.807) is 12.1 Å². The van der Waals surface area contributed by atoms with Crippen LogP contribution in [0.15, 0.2) is 29.2 Å². The summed E-state index contributed by atoms with van der Waals surface area (Å²) in [4.78, 5) is 24.3. The molecule has 154 valence electrons. The molecule has 1 heterocycles. The van der Waals surface area contributed by atoms with E-state index in [1.165, 1.54) is 12.1 Å². The molecule has 1 aliphatic heterocycles. The summed E-state index contributed by atoms with van der Waals surface area (Å²) in [6.45, 7) is 2.49. The molecule has 28 heavy (non-hydrogen) atoms. The SMILES string of the molecule is CCCCC1CCCC1NC(=O)c1cccc(S(=O)(=O)N2CCNC(=O)C2)c1. The molecule has 1 aromatic carbocycles. The van der Waals surface area contributed by atoms with Gasteiger partial charge in [0.25, 0.3) is 5.91 Å². The van der Waals surface area contributed by atoms with Crippen LogP contribution in [0, 0.1) is 5.92 Å². The Morgan fingerprint density at radius 3 is 2.89 bits per heavy atom. The predicted molar refractivity (Wildman–Crippen MR) is 106 cm³/mol. The van der Waals surface area contributed by atoms with E-state index >= 15 is 0 Å². The van der Waals surface area contributed by atoms with Crippen LogP contribution in [-0.2, 0) is 14.8 Å². The van der Waals surface area contributed by atoms with Gasteiger partial charge in [-0.2, -0.15) is 4.31 Å². The molecule has 3 rings (SSSR count). The first-order chi connectivity index (χ1) is 13.4. The summed E-state index contributed by atoms with van der Waals surface area (Å²) in [6.07, 6.45) is 6.65. The van der Waals surface area contributed by atoms with Crippen LogP contribution in [0.3, 0.4) is 0 Å². The lowest BCUT2D eigenvalue weighted by Crippen LogP contribution is -2.49. The van der Waals surface area contributed by atoms with Crippen LogP contribution in [-0.4, -0.2) is 50.2 Å². The summed E-state index contributed by atoms with van der Waals surface area (Å²) in [5.41, 5.74) is 0.337.